The van der Waals surface area contributed by atoms with Gasteiger partial charge in [-0.15, -0.1) is 0 Å². The number of rotatable bonds is 13. The molecule has 0 saturated heterocycles. The summed E-state index contributed by atoms with van der Waals surface area (Å²) in [6.45, 7) is 8.90. The Balaban J connectivity index is 1.85. The zero-order valence-electron chi connectivity index (χ0n) is 27.4. The van der Waals surface area contributed by atoms with Crippen LogP contribution in [-0.2, 0) is 32.6 Å². The van der Waals surface area contributed by atoms with Crippen molar-refractivity contribution in [2.24, 2.45) is 0 Å². The summed E-state index contributed by atoms with van der Waals surface area (Å²) in [7, 11) is -2.62. The third-order valence-electron chi connectivity index (χ3n) is 7.92. The first-order valence-corrected chi connectivity index (χ1v) is 16.8. The number of sulfonamides is 1. The number of hydrogen-bond acceptors (Lipinski definition) is 5. The van der Waals surface area contributed by atoms with Gasteiger partial charge in [0.1, 0.15) is 18.3 Å². The minimum atomic E-state index is -4.18. The van der Waals surface area contributed by atoms with Gasteiger partial charge in [0.25, 0.3) is 10.0 Å². The molecule has 0 spiro atoms. The molecule has 0 aromatic heterocycles. The van der Waals surface area contributed by atoms with Crippen LogP contribution in [0.2, 0.25) is 0 Å². The Labute approximate surface area is 273 Å². The maximum atomic E-state index is 14.6. The van der Waals surface area contributed by atoms with Gasteiger partial charge in [0.05, 0.1) is 17.7 Å². The number of methoxy groups -OCH3 is 1. The average Bonchev–Trinajstić information content (AvgIpc) is 3.03. The molecule has 4 rings (SSSR count). The van der Waals surface area contributed by atoms with Gasteiger partial charge in [-0.3, -0.25) is 13.9 Å². The molecule has 1 unspecified atom stereocenters. The Bertz CT molecular complexity index is 1760. The first kappa shape index (κ1) is 34.2. The molecule has 46 heavy (non-hydrogen) atoms. The molecule has 4 aromatic rings. The van der Waals surface area contributed by atoms with Gasteiger partial charge in [0.2, 0.25) is 11.8 Å². The van der Waals surface area contributed by atoms with Crippen molar-refractivity contribution in [1.82, 2.24) is 10.2 Å². The summed E-state index contributed by atoms with van der Waals surface area (Å²) >= 11 is 0. The van der Waals surface area contributed by atoms with Crippen LogP contribution in [0, 0.1) is 20.8 Å². The van der Waals surface area contributed by atoms with E-state index in [9.17, 15) is 18.0 Å². The lowest BCUT2D eigenvalue weighted by molar-refractivity contribution is -0.140. The van der Waals surface area contributed by atoms with Crippen LogP contribution in [-0.4, -0.2) is 50.9 Å². The zero-order chi connectivity index (χ0) is 33.4. The minimum absolute atomic E-state index is 0.0598. The largest absolute Gasteiger partial charge is 0.497 e. The fraction of sp³-hybridized carbons (Fsp3) is 0.297. The van der Waals surface area contributed by atoms with Gasteiger partial charge in [0, 0.05) is 19.0 Å². The quantitative estimate of drug-likeness (QED) is 0.194. The van der Waals surface area contributed by atoms with E-state index < -0.39 is 28.5 Å². The predicted octanol–water partition coefficient (Wildman–Crippen LogP) is 5.98. The van der Waals surface area contributed by atoms with Gasteiger partial charge < -0.3 is 15.0 Å². The van der Waals surface area contributed by atoms with E-state index in [4.69, 9.17) is 4.74 Å². The van der Waals surface area contributed by atoms with Crippen LogP contribution in [0.1, 0.15) is 41.7 Å². The second-order valence-electron chi connectivity index (χ2n) is 11.8. The normalized spacial score (nSPS) is 12.0. The Morgan fingerprint density at radius 3 is 2.13 bits per heavy atom. The van der Waals surface area contributed by atoms with Crippen molar-refractivity contribution in [2.45, 2.75) is 64.6 Å². The molecule has 0 bridgehead atoms. The van der Waals surface area contributed by atoms with Crippen molar-refractivity contribution in [3.05, 3.63) is 125 Å². The topological polar surface area (TPSA) is 96.0 Å². The molecule has 0 saturated carbocycles. The number of nitrogens with zero attached hydrogens (tertiary/aromatic N) is 2. The molecule has 242 valence electrons. The lowest BCUT2D eigenvalue weighted by atomic mass is 10.0. The number of ether oxygens (including phenoxy) is 1. The van der Waals surface area contributed by atoms with E-state index in [1.165, 1.54) is 9.21 Å². The van der Waals surface area contributed by atoms with Gasteiger partial charge in [-0.05, 0) is 87.2 Å². The molecule has 2 amide bonds. The Morgan fingerprint density at radius 2 is 1.48 bits per heavy atom. The highest BCUT2D eigenvalue weighted by molar-refractivity contribution is 7.92. The fourth-order valence-corrected chi connectivity index (χ4v) is 6.73. The number of aryl methyl sites for hydroxylation is 2. The van der Waals surface area contributed by atoms with E-state index in [0.29, 0.717) is 11.4 Å². The molecule has 0 radical (unpaired) electrons. The Hall–Kier alpha value is -4.63. The lowest BCUT2D eigenvalue weighted by Crippen LogP contribution is -2.54. The van der Waals surface area contributed by atoms with Crippen molar-refractivity contribution in [1.29, 1.82) is 0 Å². The molecule has 1 atom stereocenters. The summed E-state index contributed by atoms with van der Waals surface area (Å²) in [6, 6.07) is 27.6. The van der Waals surface area contributed by atoms with Crippen molar-refractivity contribution in [2.75, 3.05) is 18.0 Å². The molecule has 4 aromatic carbocycles. The SMILES string of the molecule is COc1cccc(CN(C(=O)CN(c2cccc(C)c2C)S(=O)(=O)c2ccc(C)cc2)C(Cc2ccccc2)C(=O)NC(C)C)c1. The Kier molecular flexibility index (Phi) is 11.2. The highest BCUT2D eigenvalue weighted by Gasteiger charge is 2.35. The smallest absolute Gasteiger partial charge is 0.264 e. The number of carbonyl (C=O) groups is 2. The van der Waals surface area contributed by atoms with Gasteiger partial charge in [0.15, 0.2) is 0 Å². The van der Waals surface area contributed by atoms with Crippen LogP contribution in [0.25, 0.3) is 0 Å². The number of carbonyl (C=O) groups excluding carboxylic acids is 2. The van der Waals surface area contributed by atoms with E-state index in [-0.39, 0.29) is 29.8 Å². The summed E-state index contributed by atoms with van der Waals surface area (Å²) in [6.07, 6.45) is 0.239. The third-order valence-corrected chi connectivity index (χ3v) is 9.70. The maximum absolute atomic E-state index is 14.6. The summed E-state index contributed by atoms with van der Waals surface area (Å²) in [5.41, 5.74) is 4.56. The number of benzene rings is 4. The first-order valence-electron chi connectivity index (χ1n) is 15.3. The van der Waals surface area contributed by atoms with Crippen LogP contribution in [0.4, 0.5) is 5.69 Å². The molecule has 8 nitrogen and oxygen atoms in total. The highest BCUT2D eigenvalue weighted by atomic mass is 32.2. The van der Waals surface area contributed by atoms with E-state index in [0.717, 1.165) is 27.8 Å². The van der Waals surface area contributed by atoms with Crippen LogP contribution in [0.5, 0.6) is 5.75 Å². The van der Waals surface area contributed by atoms with Crippen LogP contribution < -0.4 is 14.4 Å². The van der Waals surface area contributed by atoms with E-state index in [1.807, 2.05) is 89.2 Å². The molecule has 0 heterocycles. The van der Waals surface area contributed by atoms with Crippen molar-refractivity contribution >= 4 is 27.5 Å². The molecule has 1 N–H and O–H groups in total. The van der Waals surface area contributed by atoms with Crippen molar-refractivity contribution in [3.63, 3.8) is 0 Å². The zero-order valence-corrected chi connectivity index (χ0v) is 28.2. The second-order valence-corrected chi connectivity index (χ2v) is 13.6. The van der Waals surface area contributed by atoms with E-state index in [1.54, 1.807) is 49.6 Å². The van der Waals surface area contributed by atoms with E-state index >= 15 is 0 Å². The molecule has 9 heteroatoms. The predicted molar refractivity (Wildman–Crippen MR) is 182 cm³/mol. The molecule has 0 aliphatic rings. The molecule has 0 fully saturated rings. The standard InChI is InChI=1S/C37H43N3O5S/c1-26(2)38-37(42)35(23-30-13-8-7-9-14-30)39(24-31-15-11-16-32(22-31)45-6)36(41)25-40(34-17-10-12-28(4)29(34)5)46(43,44)33-20-18-27(3)19-21-33/h7-22,26,35H,23-25H2,1-6H3,(H,38,42). The summed E-state index contributed by atoms with van der Waals surface area (Å²) in [4.78, 5) is 30.1. The number of amides is 2. The summed E-state index contributed by atoms with van der Waals surface area (Å²) in [5, 5.41) is 2.98. The molecular weight excluding hydrogens is 598 g/mol. The first-order chi connectivity index (χ1) is 21.9. The lowest BCUT2D eigenvalue weighted by Gasteiger charge is -2.34. The van der Waals surface area contributed by atoms with Crippen LogP contribution >= 0.6 is 0 Å². The van der Waals surface area contributed by atoms with Gasteiger partial charge in [-0.25, -0.2) is 8.42 Å². The van der Waals surface area contributed by atoms with Crippen molar-refractivity contribution < 1.29 is 22.7 Å². The minimum Gasteiger partial charge on any atom is -0.497 e. The average molecular weight is 642 g/mol. The van der Waals surface area contributed by atoms with Gasteiger partial charge in [-0.1, -0.05) is 72.3 Å². The summed E-state index contributed by atoms with van der Waals surface area (Å²) in [5.74, 6) is -0.232. The van der Waals surface area contributed by atoms with Crippen LogP contribution in [0.3, 0.4) is 0 Å². The van der Waals surface area contributed by atoms with Gasteiger partial charge in [-0.2, -0.15) is 0 Å². The molecule has 0 aliphatic heterocycles. The van der Waals surface area contributed by atoms with Crippen LogP contribution in [0.15, 0.2) is 102 Å². The van der Waals surface area contributed by atoms with E-state index in [2.05, 4.69) is 5.32 Å². The summed E-state index contributed by atoms with van der Waals surface area (Å²) < 4.78 is 35.2. The number of anilines is 1. The number of nitrogens with one attached hydrogen (secondary N) is 1. The molecule has 0 aliphatic carbocycles. The highest BCUT2D eigenvalue weighted by Crippen LogP contribution is 2.29. The van der Waals surface area contributed by atoms with Gasteiger partial charge >= 0.3 is 0 Å². The molecular formula is C37H43N3O5S. The Morgan fingerprint density at radius 1 is 0.826 bits per heavy atom. The number of hydrogen-bond donors (Lipinski definition) is 1. The van der Waals surface area contributed by atoms with Crippen molar-refractivity contribution in [3.8, 4) is 5.75 Å². The third kappa shape index (κ3) is 8.34. The monoisotopic (exact) mass is 641 g/mol. The fourth-order valence-electron chi connectivity index (χ4n) is 5.26. The maximum Gasteiger partial charge on any atom is 0.264 e. The second kappa shape index (κ2) is 15.1.